The molecule has 0 saturated heterocycles. The molecule has 20 heavy (non-hydrogen) atoms. The molecule has 6 heteroatoms. The summed E-state index contributed by atoms with van der Waals surface area (Å²) in [6.45, 7) is 5.19. The number of hydrogen-bond donors (Lipinski definition) is 2. The van der Waals surface area contributed by atoms with E-state index < -0.39 is 17.4 Å². The second-order valence-electron chi connectivity index (χ2n) is 5.58. The topological polar surface area (TPSA) is 92.4 Å². The van der Waals surface area contributed by atoms with Gasteiger partial charge in [-0.2, -0.15) is 0 Å². The van der Waals surface area contributed by atoms with Crippen molar-refractivity contribution in [1.29, 1.82) is 0 Å². The maximum atomic E-state index is 12.4. The van der Waals surface area contributed by atoms with Crippen LogP contribution in [0.1, 0.15) is 54.4 Å². The summed E-state index contributed by atoms with van der Waals surface area (Å²) in [6, 6.07) is 0. The van der Waals surface area contributed by atoms with Crippen LogP contribution in [-0.4, -0.2) is 27.7 Å². The summed E-state index contributed by atoms with van der Waals surface area (Å²) in [5, 5.41) is 16.1. The molecule has 110 valence electrons. The highest BCUT2D eigenvalue weighted by atomic mass is 16.5. The van der Waals surface area contributed by atoms with E-state index in [1.54, 1.807) is 13.8 Å². The van der Waals surface area contributed by atoms with Crippen molar-refractivity contribution in [2.75, 3.05) is 0 Å². The first kappa shape index (κ1) is 14.6. The largest absolute Gasteiger partial charge is 0.479 e. The molecule has 2 atom stereocenters. The quantitative estimate of drug-likeness (QED) is 0.884. The van der Waals surface area contributed by atoms with Gasteiger partial charge in [-0.3, -0.25) is 4.79 Å². The maximum absolute atomic E-state index is 12.4. The SMILES string of the molecule is Cc1noc(C)c1C(=O)NC1(C(=O)O)CCCCC1C. The van der Waals surface area contributed by atoms with Crippen molar-refractivity contribution in [2.24, 2.45) is 5.92 Å². The van der Waals surface area contributed by atoms with Gasteiger partial charge in [-0.1, -0.05) is 24.9 Å². The van der Waals surface area contributed by atoms with Crippen LogP contribution in [0.15, 0.2) is 4.52 Å². The molecular formula is C14H20N2O4. The monoisotopic (exact) mass is 280 g/mol. The Labute approximate surface area is 117 Å². The van der Waals surface area contributed by atoms with Crippen molar-refractivity contribution >= 4 is 11.9 Å². The Morgan fingerprint density at radius 1 is 1.40 bits per heavy atom. The molecular weight excluding hydrogens is 260 g/mol. The lowest BCUT2D eigenvalue weighted by molar-refractivity contribution is -0.148. The smallest absolute Gasteiger partial charge is 0.329 e. The van der Waals surface area contributed by atoms with Crippen LogP contribution in [0.25, 0.3) is 0 Å². The molecule has 6 nitrogen and oxygen atoms in total. The number of carbonyl (C=O) groups excluding carboxylic acids is 1. The van der Waals surface area contributed by atoms with Gasteiger partial charge in [-0.15, -0.1) is 0 Å². The third-order valence-electron chi connectivity index (χ3n) is 4.28. The van der Waals surface area contributed by atoms with E-state index in [2.05, 4.69) is 10.5 Å². The summed E-state index contributed by atoms with van der Waals surface area (Å²) < 4.78 is 4.97. The van der Waals surface area contributed by atoms with E-state index in [-0.39, 0.29) is 5.92 Å². The zero-order valence-corrected chi connectivity index (χ0v) is 12.0. The normalized spacial score (nSPS) is 26.2. The van der Waals surface area contributed by atoms with E-state index in [0.29, 0.717) is 23.4 Å². The second-order valence-corrected chi connectivity index (χ2v) is 5.58. The van der Waals surface area contributed by atoms with Crippen LogP contribution in [0.5, 0.6) is 0 Å². The van der Waals surface area contributed by atoms with Crippen LogP contribution < -0.4 is 5.32 Å². The Balaban J connectivity index is 2.29. The molecule has 0 aromatic carbocycles. The molecule has 0 bridgehead atoms. The molecule has 1 aliphatic carbocycles. The number of aliphatic carboxylic acids is 1. The fraction of sp³-hybridized carbons (Fsp3) is 0.643. The Hall–Kier alpha value is -1.85. The number of nitrogens with zero attached hydrogens (tertiary/aromatic N) is 1. The van der Waals surface area contributed by atoms with Crippen molar-refractivity contribution in [3.05, 3.63) is 17.0 Å². The number of carboxylic acid groups (broad SMARTS) is 1. The first-order chi connectivity index (χ1) is 9.38. The number of amides is 1. The van der Waals surface area contributed by atoms with Crippen LogP contribution in [0, 0.1) is 19.8 Å². The molecule has 0 aliphatic heterocycles. The van der Waals surface area contributed by atoms with Gasteiger partial charge in [0.15, 0.2) is 0 Å². The molecule has 0 spiro atoms. The summed E-state index contributed by atoms with van der Waals surface area (Å²) in [4.78, 5) is 24.1. The Morgan fingerprint density at radius 2 is 2.10 bits per heavy atom. The Morgan fingerprint density at radius 3 is 2.60 bits per heavy atom. The predicted octanol–water partition coefficient (Wildman–Crippen LogP) is 2.05. The third-order valence-corrected chi connectivity index (χ3v) is 4.28. The van der Waals surface area contributed by atoms with Gasteiger partial charge in [0.2, 0.25) is 0 Å². The highest BCUT2D eigenvalue weighted by molar-refractivity contribution is 5.99. The van der Waals surface area contributed by atoms with E-state index in [1.165, 1.54) is 0 Å². The fourth-order valence-electron chi connectivity index (χ4n) is 2.98. The van der Waals surface area contributed by atoms with E-state index in [1.807, 2.05) is 6.92 Å². The van der Waals surface area contributed by atoms with Crippen molar-refractivity contribution in [3.63, 3.8) is 0 Å². The molecule has 1 aromatic heterocycles. The molecule has 1 saturated carbocycles. The Bertz CT molecular complexity index is 518. The van der Waals surface area contributed by atoms with Crippen LogP contribution in [0.3, 0.4) is 0 Å². The number of hydrogen-bond acceptors (Lipinski definition) is 4. The van der Waals surface area contributed by atoms with E-state index >= 15 is 0 Å². The van der Waals surface area contributed by atoms with Gasteiger partial charge in [0, 0.05) is 0 Å². The molecule has 1 fully saturated rings. The summed E-state index contributed by atoms with van der Waals surface area (Å²) >= 11 is 0. The number of aryl methyl sites for hydroxylation is 2. The van der Waals surface area contributed by atoms with E-state index in [0.717, 1.165) is 19.3 Å². The van der Waals surface area contributed by atoms with Gasteiger partial charge in [0.1, 0.15) is 16.9 Å². The average Bonchev–Trinajstić information content (AvgIpc) is 2.71. The van der Waals surface area contributed by atoms with Gasteiger partial charge in [0.25, 0.3) is 5.91 Å². The lowest BCUT2D eigenvalue weighted by Gasteiger charge is -2.39. The standard InChI is InChI=1S/C14H20N2O4/c1-8-6-4-5-7-14(8,13(18)19)15-12(17)11-9(2)16-20-10(11)3/h8H,4-7H2,1-3H3,(H,15,17)(H,18,19). The Kier molecular flexibility index (Phi) is 3.83. The van der Waals surface area contributed by atoms with Crippen LogP contribution in [-0.2, 0) is 4.79 Å². The summed E-state index contributed by atoms with van der Waals surface area (Å²) in [6.07, 6.45) is 3.06. The minimum absolute atomic E-state index is 0.0989. The zero-order chi connectivity index (χ0) is 14.9. The van der Waals surface area contributed by atoms with Crippen molar-refractivity contribution in [3.8, 4) is 0 Å². The molecule has 1 aromatic rings. The van der Waals surface area contributed by atoms with E-state index in [9.17, 15) is 14.7 Å². The summed E-state index contributed by atoms with van der Waals surface area (Å²) in [7, 11) is 0. The summed E-state index contributed by atoms with van der Waals surface area (Å²) in [5.74, 6) is -1.08. The highest BCUT2D eigenvalue weighted by Crippen LogP contribution is 2.34. The minimum Gasteiger partial charge on any atom is -0.479 e. The van der Waals surface area contributed by atoms with Crippen LogP contribution in [0.4, 0.5) is 0 Å². The lowest BCUT2D eigenvalue weighted by atomic mass is 9.73. The molecule has 1 aliphatic rings. The third kappa shape index (κ3) is 2.30. The molecule has 2 rings (SSSR count). The van der Waals surface area contributed by atoms with Gasteiger partial charge < -0.3 is 14.9 Å². The first-order valence-corrected chi connectivity index (χ1v) is 6.87. The number of nitrogens with one attached hydrogen (secondary N) is 1. The number of carboxylic acids is 1. The maximum Gasteiger partial charge on any atom is 0.329 e. The molecule has 2 unspecified atom stereocenters. The fourth-order valence-corrected chi connectivity index (χ4v) is 2.98. The lowest BCUT2D eigenvalue weighted by Crippen LogP contribution is -2.60. The molecule has 2 N–H and O–H groups in total. The zero-order valence-electron chi connectivity index (χ0n) is 12.0. The number of rotatable bonds is 3. The number of carbonyl (C=O) groups is 2. The van der Waals surface area contributed by atoms with Gasteiger partial charge in [0.05, 0.1) is 5.69 Å². The highest BCUT2D eigenvalue weighted by Gasteiger charge is 2.46. The number of aromatic nitrogens is 1. The van der Waals surface area contributed by atoms with Gasteiger partial charge in [-0.05, 0) is 32.6 Å². The van der Waals surface area contributed by atoms with Crippen molar-refractivity contribution < 1.29 is 19.2 Å². The van der Waals surface area contributed by atoms with Crippen LogP contribution >= 0.6 is 0 Å². The van der Waals surface area contributed by atoms with Gasteiger partial charge in [-0.25, -0.2) is 4.79 Å². The van der Waals surface area contributed by atoms with Crippen molar-refractivity contribution in [1.82, 2.24) is 10.5 Å². The first-order valence-electron chi connectivity index (χ1n) is 6.87. The van der Waals surface area contributed by atoms with Gasteiger partial charge >= 0.3 is 5.97 Å². The average molecular weight is 280 g/mol. The minimum atomic E-state index is -1.19. The molecule has 1 heterocycles. The van der Waals surface area contributed by atoms with Crippen molar-refractivity contribution in [2.45, 2.75) is 52.0 Å². The predicted molar refractivity (Wildman–Crippen MR) is 71.4 cm³/mol. The summed E-state index contributed by atoms with van der Waals surface area (Å²) in [5.41, 5.74) is -0.377. The van der Waals surface area contributed by atoms with Crippen LogP contribution in [0.2, 0.25) is 0 Å². The molecule has 1 amide bonds. The second kappa shape index (κ2) is 5.26. The van der Waals surface area contributed by atoms with E-state index in [4.69, 9.17) is 4.52 Å². The molecule has 0 radical (unpaired) electrons.